The molecule has 14 heteroatoms. The number of fused-ring (bicyclic) bond motifs is 1. The lowest BCUT2D eigenvalue weighted by Crippen LogP contribution is -2.44. The van der Waals surface area contributed by atoms with Gasteiger partial charge in [0.05, 0.1) is 29.7 Å². The summed E-state index contributed by atoms with van der Waals surface area (Å²) < 4.78 is 50.4. The first-order chi connectivity index (χ1) is 19.4. The van der Waals surface area contributed by atoms with Gasteiger partial charge in [-0.2, -0.15) is 13.2 Å². The zero-order valence-electron chi connectivity index (χ0n) is 22.9. The first-order valence-corrected chi connectivity index (χ1v) is 13.8. The number of imidazole rings is 1. The van der Waals surface area contributed by atoms with Gasteiger partial charge in [-0.1, -0.05) is 11.2 Å². The second-order valence-corrected chi connectivity index (χ2v) is 11.8. The number of ether oxygens (including phenoxy) is 1. The molecule has 41 heavy (non-hydrogen) atoms. The normalized spacial score (nSPS) is 21.3. The SMILES string of the molecule is Cc1nonc1C(=O)N[C@@H](COC(C)(C)C(F)(F)F)c1nc2ccc([C@@H](C3CC3)N3C[C@@H](C4CC4)NC3=O)cc2[nH]1. The summed E-state index contributed by atoms with van der Waals surface area (Å²) in [6, 6.07) is 4.67. The van der Waals surface area contributed by atoms with E-state index in [1.54, 1.807) is 0 Å². The molecule has 1 saturated heterocycles. The van der Waals surface area contributed by atoms with Gasteiger partial charge in [-0.3, -0.25) is 4.79 Å². The first-order valence-electron chi connectivity index (χ1n) is 13.8. The Morgan fingerprint density at radius 3 is 2.61 bits per heavy atom. The maximum Gasteiger partial charge on any atom is 0.416 e. The molecule has 0 radical (unpaired) electrons. The molecule has 1 aliphatic heterocycles. The van der Waals surface area contributed by atoms with Crippen molar-refractivity contribution in [2.75, 3.05) is 13.2 Å². The van der Waals surface area contributed by atoms with Gasteiger partial charge in [0.2, 0.25) is 0 Å². The van der Waals surface area contributed by atoms with Gasteiger partial charge in [0.25, 0.3) is 5.91 Å². The molecule has 3 heterocycles. The Morgan fingerprint density at radius 1 is 1.22 bits per heavy atom. The summed E-state index contributed by atoms with van der Waals surface area (Å²) >= 11 is 0. The summed E-state index contributed by atoms with van der Waals surface area (Å²) in [5.74, 6) is 0.438. The molecule has 0 bridgehead atoms. The molecule has 2 saturated carbocycles. The van der Waals surface area contributed by atoms with Crippen molar-refractivity contribution in [1.82, 2.24) is 35.8 Å². The molecule has 3 fully saturated rings. The topological polar surface area (TPSA) is 138 Å². The number of urea groups is 1. The quantitative estimate of drug-likeness (QED) is 0.327. The third-order valence-corrected chi connectivity index (χ3v) is 8.22. The number of hydrogen-bond acceptors (Lipinski definition) is 7. The summed E-state index contributed by atoms with van der Waals surface area (Å²) in [5, 5.41) is 13.0. The third-order valence-electron chi connectivity index (χ3n) is 8.22. The molecule has 220 valence electrons. The fourth-order valence-corrected chi connectivity index (χ4v) is 5.33. The average Bonchev–Trinajstić information content (AvgIpc) is 3.81. The monoisotopic (exact) mass is 575 g/mol. The van der Waals surface area contributed by atoms with Crippen LogP contribution >= 0.6 is 0 Å². The molecule has 0 spiro atoms. The smallest absolute Gasteiger partial charge is 0.364 e. The number of aromatic nitrogens is 4. The molecule has 3 aliphatic rings. The number of hydrogen-bond donors (Lipinski definition) is 3. The Kier molecular flexibility index (Phi) is 6.70. The lowest BCUT2D eigenvalue weighted by atomic mass is 10.00. The van der Waals surface area contributed by atoms with Crippen molar-refractivity contribution in [2.45, 2.75) is 76.4 Å². The van der Waals surface area contributed by atoms with Crippen molar-refractivity contribution in [1.29, 1.82) is 0 Å². The van der Waals surface area contributed by atoms with E-state index in [1.807, 2.05) is 23.1 Å². The Bertz CT molecular complexity index is 1460. The van der Waals surface area contributed by atoms with E-state index in [-0.39, 0.29) is 35.3 Å². The zero-order valence-corrected chi connectivity index (χ0v) is 22.9. The molecule has 2 aliphatic carbocycles. The molecule has 11 nitrogen and oxygen atoms in total. The Morgan fingerprint density at radius 2 is 1.98 bits per heavy atom. The lowest BCUT2D eigenvalue weighted by Gasteiger charge is -2.29. The van der Waals surface area contributed by atoms with Gasteiger partial charge in [-0.05, 0) is 81.1 Å². The van der Waals surface area contributed by atoms with Crippen molar-refractivity contribution in [3.8, 4) is 0 Å². The van der Waals surface area contributed by atoms with Crippen LogP contribution in [0.5, 0.6) is 0 Å². The minimum absolute atomic E-state index is 0.0472. The fourth-order valence-electron chi connectivity index (χ4n) is 5.33. The summed E-state index contributed by atoms with van der Waals surface area (Å²) in [6.07, 6.45) is -0.277. The Balaban J connectivity index is 1.28. The van der Waals surface area contributed by atoms with Crippen molar-refractivity contribution in [3.63, 3.8) is 0 Å². The second-order valence-electron chi connectivity index (χ2n) is 11.8. The van der Waals surface area contributed by atoms with Crippen LogP contribution in [0.2, 0.25) is 0 Å². The van der Waals surface area contributed by atoms with Crippen LogP contribution in [0.4, 0.5) is 18.0 Å². The van der Waals surface area contributed by atoms with Crippen LogP contribution in [-0.4, -0.2) is 68.1 Å². The molecule has 6 rings (SSSR count). The average molecular weight is 576 g/mol. The highest BCUT2D eigenvalue weighted by molar-refractivity contribution is 5.93. The molecule has 3 N–H and O–H groups in total. The number of benzene rings is 1. The van der Waals surface area contributed by atoms with Gasteiger partial charge in [0, 0.05) is 6.54 Å². The van der Waals surface area contributed by atoms with Crippen LogP contribution < -0.4 is 10.6 Å². The zero-order chi connectivity index (χ0) is 29.1. The van der Waals surface area contributed by atoms with Crippen molar-refractivity contribution in [3.05, 3.63) is 41.0 Å². The van der Waals surface area contributed by atoms with E-state index in [9.17, 15) is 22.8 Å². The number of rotatable bonds is 10. The van der Waals surface area contributed by atoms with Gasteiger partial charge >= 0.3 is 12.2 Å². The number of alkyl halides is 3. The predicted molar refractivity (Wildman–Crippen MR) is 139 cm³/mol. The van der Waals surface area contributed by atoms with E-state index < -0.39 is 30.3 Å². The van der Waals surface area contributed by atoms with E-state index in [4.69, 9.17) is 4.74 Å². The van der Waals surface area contributed by atoms with Gasteiger partial charge in [-0.25, -0.2) is 14.4 Å². The number of carbonyl (C=O) groups is 2. The van der Waals surface area contributed by atoms with E-state index in [0.29, 0.717) is 29.4 Å². The summed E-state index contributed by atoms with van der Waals surface area (Å²) in [7, 11) is 0. The van der Waals surface area contributed by atoms with E-state index >= 15 is 0 Å². The van der Waals surface area contributed by atoms with E-state index in [0.717, 1.165) is 45.1 Å². The molecule has 3 amide bonds. The van der Waals surface area contributed by atoms with Crippen LogP contribution in [0.15, 0.2) is 22.8 Å². The predicted octanol–water partition coefficient (Wildman–Crippen LogP) is 4.34. The Hall–Kier alpha value is -3.68. The van der Waals surface area contributed by atoms with E-state index in [1.165, 1.54) is 6.92 Å². The Labute approximate surface area is 233 Å². The molecule has 3 aromatic rings. The van der Waals surface area contributed by atoms with Crippen LogP contribution in [0.25, 0.3) is 11.0 Å². The van der Waals surface area contributed by atoms with Crippen molar-refractivity contribution >= 4 is 23.0 Å². The summed E-state index contributed by atoms with van der Waals surface area (Å²) in [6.45, 7) is 3.52. The molecule has 0 unspecified atom stereocenters. The minimum atomic E-state index is -4.63. The highest BCUT2D eigenvalue weighted by Crippen LogP contribution is 2.47. The first kappa shape index (κ1) is 27.5. The van der Waals surface area contributed by atoms with Crippen LogP contribution in [0.1, 0.15) is 79.2 Å². The highest BCUT2D eigenvalue weighted by atomic mass is 19.4. The molecule has 1 aromatic carbocycles. The van der Waals surface area contributed by atoms with Gasteiger partial charge in [0.1, 0.15) is 17.6 Å². The van der Waals surface area contributed by atoms with E-state index in [2.05, 4.69) is 35.5 Å². The standard InChI is InChI=1S/C27H32F3N7O4/c1-13-21(36-41-35-13)24(38)33-20(12-40-26(2,3)27(28,29)30)23-31-17-9-8-16(10-18(17)32-23)22(15-6-7-15)37-11-19(14-4-5-14)34-25(37)39/h8-10,14-15,19-20,22H,4-7,11-12H2,1-3H3,(H,31,32)(H,33,38)(H,34,39)/t19-,20-,22+/m0/s1. The minimum Gasteiger partial charge on any atom is -0.364 e. The maximum absolute atomic E-state index is 13.5. The molecular formula is C27H32F3N7O4. The van der Waals surface area contributed by atoms with Gasteiger partial charge < -0.3 is 25.3 Å². The summed E-state index contributed by atoms with van der Waals surface area (Å²) in [4.78, 5) is 35.5. The number of aromatic amines is 1. The van der Waals surface area contributed by atoms with Crippen molar-refractivity contribution < 1.29 is 32.1 Å². The number of carbonyl (C=O) groups excluding carboxylic acids is 2. The van der Waals surface area contributed by atoms with Crippen LogP contribution in [-0.2, 0) is 4.74 Å². The number of H-pyrrole nitrogens is 1. The molecular weight excluding hydrogens is 543 g/mol. The fraction of sp³-hybridized carbons (Fsp3) is 0.593. The number of amides is 3. The summed E-state index contributed by atoms with van der Waals surface area (Å²) in [5.41, 5.74) is -0.172. The van der Waals surface area contributed by atoms with Gasteiger partial charge in [-0.15, -0.1) is 0 Å². The maximum atomic E-state index is 13.5. The molecule has 2 aromatic heterocycles. The van der Waals surface area contributed by atoms with Crippen LogP contribution in [0.3, 0.4) is 0 Å². The van der Waals surface area contributed by atoms with Crippen molar-refractivity contribution in [2.24, 2.45) is 11.8 Å². The number of nitrogens with zero attached hydrogens (tertiary/aromatic N) is 4. The third kappa shape index (κ3) is 5.48. The molecule has 3 atom stereocenters. The number of aryl methyl sites for hydroxylation is 1. The second kappa shape index (κ2) is 10.00. The highest BCUT2D eigenvalue weighted by Gasteiger charge is 2.49. The van der Waals surface area contributed by atoms with Gasteiger partial charge in [0.15, 0.2) is 11.3 Å². The number of nitrogens with one attached hydrogen (secondary N) is 3. The van der Waals surface area contributed by atoms with Crippen LogP contribution in [0, 0.1) is 18.8 Å². The lowest BCUT2D eigenvalue weighted by molar-refractivity contribution is -0.265. The largest absolute Gasteiger partial charge is 0.416 e. The number of halogens is 3.